The Morgan fingerprint density at radius 3 is 2.49 bits per heavy atom. The highest BCUT2D eigenvalue weighted by Gasteiger charge is 2.23. The molecule has 198 valence electrons. The fraction of sp³-hybridized carbons (Fsp3) is 0.438. The summed E-state index contributed by atoms with van der Waals surface area (Å²) in [4.78, 5) is 22.1. The van der Waals surface area contributed by atoms with E-state index in [1.807, 2.05) is 39.2 Å². The quantitative estimate of drug-likeness (QED) is 0.391. The third-order valence-corrected chi connectivity index (χ3v) is 7.63. The molecule has 1 amide bonds. The molecule has 2 aromatic carbocycles. The number of rotatable bonds is 4. The number of aromatic nitrogens is 1. The molecule has 0 saturated carbocycles. The molecule has 0 N–H and O–H groups in total. The molecule has 0 radical (unpaired) electrons. The molecule has 0 atom stereocenters. The summed E-state index contributed by atoms with van der Waals surface area (Å²) in [5.41, 5.74) is 8.51. The molecule has 1 saturated heterocycles. The van der Waals surface area contributed by atoms with E-state index in [0.717, 1.165) is 71.2 Å². The van der Waals surface area contributed by atoms with Crippen LogP contribution in [0.5, 0.6) is 5.75 Å². The maximum Gasteiger partial charge on any atom is 0.258 e. The van der Waals surface area contributed by atoms with E-state index in [4.69, 9.17) is 9.72 Å². The number of hydrogen-bond acceptors (Lipinski definition) is 4. The van der Waals surface area contributed by atoms with Crippen molar-refractivity contribution in [2.24, 2.45) is 5.92 Å². The van der Waals surface area contributed by atoms with E-state index < -0.39 is 0 Å². The molecule has 3 heterocycles. The van der Waals surface area contributed by atoms with Gasteiger partial charge in [0.25, 0.3) is 5.91 Å². The van der Waals surface area contributed by atoms with Crippen LogP contribution in [0.4, 0.5) is 11.4 Å². The van der Waals surface area contributed by atoms with Gasteiger partial charge in [0.15, 0.2) is 0 Å². The fourth-order valence-corrected chi connectivity index (χ4v) is 5.37. The molecule has 0 unspecified atom stereocenters. The number of benzene rings is 2. The molecular formula is C32H43N3O2. The molecule has 5 heteroatoms. The lowest BCUT2D eigenvalue weighted by Crippen LogP contribution is -2.32. The maximum atomic E-state index is 13.2. The van der Waals surface area contributed by atoms with Crippen LogP contribution in [0, 0.1) is 12.8 Å². The molecule has 0 spiro atoms. The number of amides is 1. The van der Waals surface area contributed by atoms with Crippen molar-refractivity contribution in [3.8, 4) is 5.75 Å². The Morgan fingerprint density at radius 2 is 1.76 bits per heavy atom. The molecule has 0 bridgehead atoms. The van der Waals surface area contributed by atoms with Gasteiger partial charge in [0.1, 0.15) is 5.75 Å². The van der Waals surface area contributed by atoms with Gasteiger partial charge in [0.2, 0.25) is 0 Å². The standard InChI is InChI=1S/C30H35N3O2.C2H6.H2/c1-20-11-13-33(14-12-20)26-9-8-24(29(18-26)35-4)17-25-16-23-7-6-22-15-21(2)5-10-27(22)30(34)32(3)28(23)19-31-25;1-2;/h5,8-10,15-16,18-20H,6-7,11-14,17H2,1-4H3;1-2H3;1H. The zero-order valence-corrected chi connectivity index (χ0v) is 23.3. The van der Waals surface area contributed by atoms with Crippen LogP contribution in [-0.2, 0) is 19.3 Å². The van der Waals surface area contributed by atoms with Gasteiger partial charge >= 0.3 is 0 Å². The lowest BCUT2D eigenvalue weighted by molar-refractivity contribution is 0.0991. The average molecular weight is 502 g/mol. The highest BCUT2D eigenvalue weighted by atomic mass is 16.5. The van der Waals surface area contributed by atoms with Crippen LogP contribution in [0.25, 0.3) is 0 Å². The second-order valence-electron chi connectivity index (χ2n) is 10.2. The highest BCUT2D eigenvalue weighted by molar-refractivity contribution is 6.07. The number of anilines is 2. The van der Waals surface area contributed by atoms with Gasteiger partial charge in [-0.15, -0.1) is 0 Å². The van der Waals surface area contributed by atoms with Gasteiger partial charge in [0.05, 0.1) is 19.0 Å². The number of aryl methyl sites for hydroxylation is 3. The largest absolute Gasteiger partial charge is 0.496 e. The summed E-state index contributed by atoms with van der Waals surface area (Å²) in [6.07, 6.45) is 6.76. The van der Waals surface area contributed by atoms with Crippen molar-refractivity contribution in [3.05, 3.63) is 82.2 Å². The van der Waals surface area contributed by atoms with Gasteiger partial charge in [-0.1, -0.05) is 44.5 Å². The van der Waals surface area contributed by atoms with Crippen molar-refractivity contribution in [1.82, 2.24) is 4.98 Å². The first-order valence-electron chi connectivity index (χ1n) is 13.7. The Morgan fingerprint density at radius 1 is 1.03 bits per heavy atom. The summed E-state index contributed by atoms with van der Waals surface area (Å²) in [7, 11) is 3.59. The maximum absolute atomic E-state index is 13.2. The van der Waals surface area contributed by atoms with Crippen LogP contribution in [0.15, 0.2) is 48.7 Å². The SMILES string of the molecule is CC.COc1cc(N2CCC(C)CC2)ccc1Cc1cc2c(cn1)N(C)C(=O)c1ccc(C)cc1CC2.[HH]. The van der Waals surface area contributed by atoms with E-state index >= 15 is 0 Å². The Hall–Kier alpha value is -3.34. The predicted molar refractivity (Wildman–Crippen MR) is 155 cm³/mol. The van der Waals surface area contributed by atoms with Crippen LogP contribution >= 0.6 is 0 Å². The number of pyridine rings is 1. The number of hydrogen-bond donors (Lipinski definition) is 0. The zero-order chi connectivity index (χ0) is 26.5. The lowest BCUT2D eigenvalue weighted by Gasteiger charge is -2.32. The van der Waals surface area contributed by atoms with Crippen molar-refractivity contribution in [3.63, 3.8) is 0 Å². The molecule has 2 aliphatic heterocycles. The smallest absolute Gasteiger partial charge is 0.258 e. The Bertz CT molecular complexity index is 1250. The van der Waals surface area contributed by atoms with Crippen molar-refractivity contribution in [2.75, 3.05) is 37.0 Å². The highest BCUT2D eigenvalue weighted by Crippen LogP contribution is 2.32. The van der Waals surface area contributed by atoms with Gasteiger partial charge in [-0.3, -0.25) is 9.78 Å². The Balaban J connectivity index is 0.00000130. The number of fused-ring (bicyclic) bond motifs is 2. The molecule has 1 aromatic heterocycles. The van der Waals surface area contributed by atoms with Crippen molar-refractivity contribution in [2.45, 2.75) is 59.8 Å². The molecule has 37 heavy (non-hydrogen) atoms. The molecule has 5 rings (SSSR count). The Labute approximate surface area is 224 Å². The number of carbonyl (C=O) groups excluding carboxylic acids is 1. The second-order valence-corrected chi connectivity index (χ2v) is 10.2. The number of ether oxygens (including phenoxy) is 1. The topological polar surface area (TPSA) is 45.7 Å². The van der Waals surface area contributed by atoms with Crippen molar-refractivity contribution >= 4 is 17.3 Å². The molecule has 0 aliphatic carbocycles. The summed E-state index contributed by atoms with van der Waals surface area (Å²) in [5, 5.41) is 0. The van der Waals surface area contributed by atoms with Gasteiger partial charge in [-0.05, 0) is 67.9 Å². The van der Waals surface area contributed by atoms with Crippen LogP contribution in [0.1, 0.15) is 73.3 Å². The molecule has 2 aliphatic rings. The summed E-state index contributed by atoms with van der Waals surface area (Å²) in [6.45, 7) is 10.6. The average Bonchev–Trinajstić information content (AvgIpc) is 2.92. The van der Waals surface area contributed by atoms with Gasteiger partial charge in [-0.25, -0.2) is 0 Å². The van der Waals surface area contributed by atoms with Crippen LogP contribution in [0.2, 0.25) is 0 Å². The normalized spacial score (nSPS) is 15.7. The van der Waals surface area contributed by atoms with Gasteiger partial charge in [0, 0.05) is 56.6 Å². The van der Waals surface area contributed by atoms with E-state index in [-0.39, 0.29) is 7.33 Å². The van der Waals surface area contributed by atoms with Crippen molar-refractivity contribution in [1.29, 1.82) is 0 Å². The fourth-order valence-electron chi connectivity index (χ4n) is 5.37. The second kappa shape index (κ2) is 11.8. The third-order valence-electron chi connectivity index (χ3n) is 7.63. The predicted octanol–water partition coefficient (Wildman–Crippen LogP) is 6.87. The minimum Gasteiger partial charge on any atom is -0.496 e. The first kappa shape index (κ1) is 26.7. The van der Waals surface area contributed by atoms with Gasteiger partial charge < -0.3 is 14.5 Å². The number of piperidine rings is 1. The summed E-state index contributed by atoms with van der Waals surface area (Å²) < 4.78 is 5.79. The molecule has 3 aromatic rings. The first-order chi connectivity index (χ1) is 17.9. The van der Waals surface area contributed by atoms with E-state index in [9.17, 15) is 4.79 Å². The first-order valence-corrected chi connectivity index (χ1v) is 13.7. The Kier molecular flexibility index (Phi) is 8.52. The molecule has 5 nitrogen and oxygen atoms in total. The van der Waals surface area contributed by atoms with Gasteiger partial charge in [-0.2, -0.15) is 0 Å². The number of methoxy groups -OCH3 is 1. The number of nitrogens with zero attached hydrogens (tertiary/aromatic N) is 3. The molecule has 1 fully saturated rings. The molecular weight excluding hydrogens is 458 g/mol. The minimum atomic E-state index is 0. The van der Waals surface area contributed by atoms with Crippen LogP contribution < -0.4 is 14.5 Å². The van der Waals surface area contributed by atoms with E-state index in [0.29, 0.717) is 6.42 Å². The summed E-state index contributed by atoms with van der Waals surface area (Å²) >= 11 is 0. The third kappa shape index (κ3) is 5.82. The van der Waals surface area contributed by atoms with Crippen molar-refractivity contribution < 1.29 is 11.0 Å². The lowest BCUT2D eigenvalue weighted by atomic mass is 9.93. The minimum absolute atomic E-state index is 0. The number of carbonyl (C=O) groups is 1. The van der Waals surface area contributed by atoms with Crippen LogP contribution in [0.3, 0.4) is 0 Å². The van der Waals surface area contributed by atoms with Crippen LogP contribution in [-0.4, -0.2) is 38.1 Å². The van der Waals surface area contributed by atoms with E-state index in [2.05, 4.69) is 49.1 Å². The van der Waals surface area contributed by atoms with E-state index in [1.165, 1.54) is 24.1 Å². The van der Waals surface area contributed by atoms with E-state index in [1.54, 1.807) is 12.0 Å². The zero-order valence-electron chi connectivity index (χ0n) is 23.3. The monoisotopic (exact) mass is 501 g/mol. The summed E-state index contributed by atoms with van der Waals surface area (Å²) in [5.74, 6) is 1.74. The summed E-state index contributed by atoms with van der Waals surface area (Å²) in [6, 6.07) is 14.8.